The van der Waals surface area contributed by atoms with E-state index in [0.29, 0.717) is 12.2 Å². The minimum Gasteiger partial charge on any atom is -0.385 e. The topological polar surface area (TPSA) is 50.9 Å². The van der Waals surface area contributed by atoms with E-state index in [-0.39, 0.29) is 0 Å². The van der Waals surface area contributed by atoms with E-state index in [1.165, 1.54) is 0 Å². The fourth-order valence-corrected chi connectivity index (χ4v) is 1.75. The van der Waals surface area contributed by atoms with Crippen LogP contribution in [0.15, 0.2) is 35.2 Å². The Morgan fingerprint density at radius 1 is 1.44 bits per heavy atom. The average Bonchev–Trinajstić information content (AvgIpc) is 2.68. The van der Waals surface area contributed by atoms with Crippen molar-refractivity contribution in [3.05, 3.63) is 46.7 Å². The van der Waals surface area contributed by atoms with Crippen LogP contribution in [0, 0.1) is 0 Å². The lowest BCUT2D eigenvalue weighted by Gasteiger charge is -2.09. The summed E-state index contributed by atoms with van der Waals surface area (Å²) in [6.45, 7) is 0. The number of nitrogens with zero attached hydrogens (tertiary/aromatic N) is 3. The molecule has 0 spiro atoms. The fourth-order valence-electron chi connectivity index (χ4n) is 1.51. The number of aryl methyl sites for hydroxylation is 1. The molecule has 0 bridgehead atoms. The number of imidazole rings is 1. The molecule has 0 amide bonds. The highest BCUT2D eigenvalue weighted by molar-refractivity contribution is 9.10. The third kappa shape index (κ3) is 2.48. The number of aromatic nitrogens is 3. The number of aliphatic hydroxyl groups is 1. The molecule has 16 heavy (non-hydrogen) atoms. The molecular weight excluding hydrogens is 270 g/mol. The molecule has 0 radical (unpaired) electrons. The lowest BCUT2D eigenvalue weighted by Crippen LogP contribution is -2.09. The van der Waals surface area contributed by atoms with E-state index in [2.05, 4.69) is 25.9 Å². The van der Waals surface area contributed by atoms with Gasteiger partial charge < -0.3 is 9.67 Å². The van der Waals surface area contributed by atoms with E-state index in [4.69, 9.17) is 0 Å². The van der Waals surface area contributed by atoms with E-state index in [1.54, 1.807) is 12.4 Å². The van der Waals surface area contributed by atoms with Crippen LogP contribution in [0.25, 0.3) is 0 Å². The van der Waals surface area contributed by atoms with E-state index >= 15 is 0 Å². The number of rotatable bonds is 3. The van der Waals surface area contributed by atoms with Gasteiger partial charge in [0.25, 0.3) is 0 Å². The lowest BCUT2D eigenvalue weighted by molar-refractivity contribution is 0.164. The van der Waals surface area contributed by atoms with Gasteiger partial charge in [-0.15, -0.1) is 0 Å². The van der Waals surface area contributed by atoms with Gasteiger partial charge in [0.2, 0.25) is 0 Å². The van der Waals surface area contributed by atoms with Gasteiger partial charge >= 0.3 is 0 Å². The third-order valence-electron chi connectivity index (χ3n) is 2.35. The molecule has 0 fully saturated rings. The predicted molar refractivity (Wildman–Crippen MR) is 63.8 cm³/mol. The number of halogens is 1. The van der Waals surface area contributed by atoms with Gasteiger partial charge in [0.15, 0.2) is 0 Å². The molecule has 84 valence electrons. The van der Waals surface area contributed by atoms with Crippen LogP contribution in [0.2, 0.25) is 0 Å². The molecule has 1 atom stereocenters. The Labute approximate surface area is 102 Å². The summed E-state index contributed by atoms with van der Waals surface area (Å²) in [6.07, 6.45) is 5.06. The van der Waals surface area contributed by atoms with Gasteiger partial charge in [0.05, 0.1) is 0 Å². The fraction of sp³-hybridized carbons (Fsp3) is 0.273. The van der Waals surface area contributed by atoms with Gasteiger partial charge in [-0.3, -0.25) is 4.98 Å². The van der Waals surface area contributed by atoms with Gasteiger partial charge in [-0.1, -0.05) is 0 Å². The highest BCUT2D eigenvalue weighted by Gasteiger charge is 2.13. The molecule has 1 unspecified atom stereocenters. The Morgan fingerprint density at radius 3 is 2.81 bits per heavy atom. The average molecular weight is 282 g/mol. The van der Waals surface area contributed by atoms with Gasteiger partial charge in [-0.05, 0) is 28.1 Å². The summed E-state index contributed by atoms with van der Waals surface area (Å²) in [5, 5.41) is 9.98. The Balaban J connectivity index is 2.10. The van der Waals surface area contributed by atoms with E-state index in [9.17, 15) is 5.11 Å². The molecule has 0 aliphatic rings. The maximum atomic E-state index is 9.98. The number of hydrogen-bond donors (Lipinski definition) is 1. The number of pyridine rings is 1. The Kier molecular flexibility index (Phi) is 3.36. The zero-order valence-electron chi connectivity index (χ0n) is 8.84. The summed E-state index contributed by atoms with van der Waals surface area (Å²) in [4.78, 5) is 8.32. The van der Waals surface area contributed by atoms with Crippen molar-refractivity contribution in [2.24, 2.45) is 7.05 Å². The van der Waals surface area contributed by atoms with E-state index in [0.717, 1.165) is 10.2 Å². The Morgan fingerprint density at radius 2 is 2.25 bits per heavy atom. The summed E-state index contributed by atoms with van der Waals surface area (Å²) in [5.41, 5.74) is 0.846. The van der Waals surface area contributed by atoms with Gasteiger partial charge in [0, 0.05) is 42.2 Å². The van der Waals surface area contributed by atoms with Crippen LogP contribution in [-0.4, -0.2) is 19.6 Å². The molecule has 2 rings (SSSR count). The first kappa shape index (κ1) is 11.3. The molecule has 0 saturated carbocycles. The second-order valence-electron chi connectivity index (χ2n) is 3.58. The van der Waals surface area contributed by atoms with Crippen molar-refractivity contribution in [3.8, 4) is 0 Å². The normalized spacial score (nSPS) is 12.7. The summed E-state index contributed by atoms with van der Waals surface area (Å²) in [6, 6.07) is 3.80. The third-order valence-corrected chi connectivity index (χ3v) is 2.82. The van der Waals surface area contributed by atoms with Gasteiger partial charge in [0.1, 0.15) is 11.9 Å². The molecule has 0 saturated heterocycles. The molecule has 2 heterocycles. The molecule has 0 aliphatic heterocycles. The molecule has 0 aromatic carbocycles. The molecule has 0 aliphatic carbocycles. The van der Waals surface area contributed by atoms with Crippen LogP contribution in [0.4, 0.5) is 0 Å². The molecule has 2 aromatic rings. The first-order valence-corrected chi connectivity index (χ1v) is 5.72. The molecule has 5 heteroatoms. The Bertz CT molecular complexity index is 466. The van der Waals surface area contributed by atoms with Crippen LogP contribution in [0.3, 0.4) is 0 Å². The van der Waals surface area contributed by atoms with Crippen molar-refractivity contribution in [2.45, 2.75) is 12.5 Å². The molecule has 4 nitrogen and oxygen atoms in total. The number of hydrogen-bond acceptors (Lipinski definition) is 3. The van der Waals surface area contributed by atoms with E-state index in [1.807, 2.05) is 29.9 Å². The molecule has 1 N–H and O–H groups in total. The quantitative estimate of drug-likeness (QED) is 0.934. The Hall–Kier alpha value is -1.20. The molecule has 2 aromatic heterocycles. The summed E-state index contributed by atoms with van der Waals surface area (Å²) < 4.78 is 2.74. The minimum atomic E-state index is -0.617. The standard InChI is InChI=1S/C11H12BrN3O/c1-15-5-4-13-11(15)10(16)6-9-3-2-8(12)7-14-9/h2-5,7,10,16H,6H2,1H3. The van der Waals surface area contributed by atoms with Crippen molar-refractivity contribution < 1.29 is 5.11 Å². The maximum absolute atomic E-state index is 9.98. The second-order valence-corrected chi connectivity index (χ2v) is 4.50. The van der Waals surface area contributed by atoms with E-state index < -0.39 is 6.10 Å². The summed E-state index contributed by atoms with van der Waals surface area (Å²) >= 11 is 3.32. The summed E-state index contributed by atoms with van der Waals surface area (Å²) in [7, 11) is 1.86. The van der Waals surface area contributed by atoms with Crippen molar-refractivity contribution in [2.75, 3.05) is 0 Å². The first-order chi connectivity index (χ1) is 7.66. The number of aliphatic hydroxyl groups excluding tert-OH is 1. The van der Waals surface area contributed by atoms with Crippen molar-refractivity contribution >= 4 is 15.9 Å². The zero-order valence-corrected chi connectivity index (χ0v) is 10.4. The van der Waals surface area contributed by atoms with Crippen LogP contribution >= 0.6 is 15.9 Å². The SMILES string of the molecule is Cn1ccnc1C(O)Cc1ccc(Br)cn1. The van der Waals surface area contributed by atoms with Crippen LogP contribution in [0.5, 0.6) is 0 Å². The maximum Gasteiger partial charge on any atom is 0.137 e. The highest BCUT2D eigenvalue weighted by atomic mass is 79.9. The second kappa shape index (κ2) is 4.76. The first-order valence-electron chi connectivity index (χ1n) is 4.92. The van der Waals surface area contributed by atoms with Crippen molar-refractivity contribution in [1.29, 1.82) is 0 Å². The minimum absolute atomic E-state index is 0.470. The van der Waals surface area contributed by atoms with Crippen molar-refractivity contribution in [3.63, 3.8) is 0 Å². The largest absolute Gasteiger partial charge is 0.385 e. The van der Waals surface area contributed by atoms with Crippen molar-refractivity contribution in [1.82, 2.24) is 14.5 Å². The van der Waals surface area contributed by atoms with Gasteiger partial charge in [-0.2, -0.15) is 0 Å². The monoisotopic (exact) mass is 281 g/mol. The van der Waals surface area contributed by atoms with Crippen LogP contribution in [-0.2, 0) is 13.5 Å². The smallest absolute Gasteiger partial charge is 0.137 e. The predicted octanol–water partition coefficient (Wildman–Crippen LogP) is 1.85. The molecular formula is C11H12BrN3O. The lowest BCUT2D eigenvalue weighted by atomic mass is 10.2. The summed E-state index contributed by atoms with van der Waals surface area (Å²) in [5.74, 6) is 0.657. The van der Waals surface area contributed by atoms with Crippen LogP contribution in [0.1, 0.15) is 17.6 Å². The van der Waals surface area contributed by atoms with Crippen LogP contribution < -0.4 is 0 Å². The zero-order chi connectivity index (χ0) is 11.5. The van der Waals surface area contributed by atoms with Gasteiger partial charge in [-0.25, -0.2) is 4.98 Å². The highest BCUT2D eigenvalue weighted by Crippen LogP contribution is 2.16.